The molecule has 3 nitrogen and oxygen atoms in total. The lowest BCUT2D eigenvalue weighted by atomic mass is 10.1. The summed E-state index contributed by atoms with van der Waals surface area (Å²) in [6.07, 6.45) is 1.90. The first kappa shape index (κ1) is 11.1. The summed E-state index contributed by atoms with van der Waals surface area (Å²) in [5.41, 5.74) is 2.63. The van der Waals surface area contributed by atoms with Gasteiger partial charge in [0, 0.05) is 13.5 Å². The fraction of sp³-hybridized carbons (Fsp3) is 0.333. The molecule has 0 aliphatic rings. The fourth-order valence-corrected chi connectivity index (χ4v) is 1.77. The molecule has 1 heterocycles. The highest BCUT2D eigenvalue weighted by atomic mass is 32.1. The Bertz CT molecular complexity index is 522. The van der Waals surface area contributed by atoms with Gasteiger partial charge in [0.05, 0.1) is 0 Å². The van der Waals surface area contributed by atoms with Gasteiger partial charge in [-0.2, -0.15) is 5.10 Å². The molecule has 2 aromatic rings. The highest BCUT2D eigenvalue weighted by molar-refractivity contribution is 7.71. The van der Waals surface area contributed by atoms with Gasteiger partial charge in [-0.05, 0) is 31.1 Å². The average molecular weight is 233 g/mol. The van der Waals surface area contributed by atoms with Gasteiger partial charge < -0.3 is 4.57 Å². The van der Waals surface area contributed by atoms with Crippen molar-refractivity contribution in [1.82, 2.24) is 14.8 Å². The van der Waals surface area contributed by atoms with Gasteiger partial charge in [-0.25, -0.2) is 0 Å². The van der Waals surface area contributed by atoms with Crippen molar-refractivity contribution >= 4 is 12.2 Å². The number of aromatic nitrogens is 3. The van der Waals surface area contributed by atoms with Crippen molar-refractivity contribution < 1.29 is 0 Å². The molecule has 0 aliphatic carbocycles. The van der Waals surface area contributed by atoms with Gasteiger partial charge in [-0.3, -0.25) is 5.10 Å². The van der Waals surface area contributed by atoms with E-state index < -0.39 is 0 Å². The summed E-state index contributed by atoms with van der Waals surface area (Å²) in [6, 6.07) is 8.60. The van der Waals surface area contributed by atoms with Crippen molar-refractivity contribution in [3.63, 3.8) is 0 Å². The number of nitrogens with zero attached hydrogens (tertiary/aromatic N) is 2. The molecule has 1 aromatic heterocycles. The van der Waals surface area contributed by atoms with Gasteiger partial charge in [0.15, 0.2) is 4.77 Å². The van der Waals surface area contributed by atoms with Crippen molar-refractivity contribution in [2.75, 3.05) is 0 Å². The van der Waals surface area contributed by atoms with Gasteiger partial charge in [0.2, 0.25) is 0 Å². The van der Waals surface area contributed by atoms with E-state index in [4.69, 9.17) is 12.2 Å². The summed E-state index contributed by atoms with van der Waals surface area (Å²) in [5, 5.41) is 6.99. The largest absolute Gasteiger partial charge is 0.307 e. The van der Waals surface area contributed by atoms with E-state index in [0.717, 1.165) is 18.7 Å². The molecule has 0 spiro atoms. The van der Waals surface area contributed by atoms with Crippen LogP contribution in [0.5, 0.6) is 0 Å². The third-order valence-electron chi connectivity index (χ3n) is 2.73. The molecule has 0 saturated heterocycles. The van der Waals surface area contributed by atoms with E-state index in [1.807, 2.05) is 11.6 Å². The molecular weight excluding hydrogens is 218 g/mol. The van der Waals surface area contributed by atoms with Crippen LogP contribution in [0.2, 0.25) is 0 Å². The van der Waals surface area contributed by atoms with Crippen molar-refractivity contribution in [3.8, 4) is 0 Å². The predicted molar refractivity (Wildman–Crippen MR) is 67.0 cm³/mol. The Morgan fingerprint density at radius 3 is 2.50 bits per heavy atom. The second-order valence-electron chi connectivity index (χ2n) is 3.99. The molecule has 0 radical (unpaired) electrons. The second kappa shape index (κ2) is 4.61. The molecule has 1 aromatic carbocycles. The number of benzene rings is 1. The third kappa shape index (κ3) is 2.39. The van der Waals surface area contributed by atoms with Crippen LogP contribution < -0.4 is 0 Å². The summed E-state index contributed by atoms with van der Waals surface area (Å²) in [6.45, 7) is 2.10. The van der Waals surface area contributed by atoms with Crippen LogP contribution in [0.3, 0.4) is 0 Å². The van der Waals surface area contributed by atoms with Crippen LogP contribution in [0.15, 0.2) is 24.3 Å². The molecule has 84 valence electrons. The van der Waals surface area contributed by atoms with E-state index in [-0.39, 0.29) is 0 Å². The summed E-state index contributed by atoms with van der Waals surface area (Å²) in [5.74, 6) is 1.01. The molecule has 2 rings (SSSR count). The van der Waals surface area contributed by atoms with E-state index in [0.29, 0.717) is 4.77 Å². The van der Waals surface area contributed by atoms with Crippen LogP contribution in [0.4, 0.5) is 0 Å². The van der Waals surface area contributed by atoms with Crippen LogP contribution in [0.1, 0.15) is 17.0 Å². The van der Waals surface area contributed by atoms with E-state index >= 15 is 0 Å². The molecule has 4 heteroatoms. The molecule has 0 bridgehead atoms. The Hall–Kier alpha value is -1.42. The van der Waals surface area contributed by atoms with Crippen LogP contribution in [-0.4, -0.2) is 14.8 Å². The van der Waals surface area contributed by atoms with Crippen LogP contribution >= 0.6 is 12.2 Å². The van der Waals surface area contributed by atoms with E-state index in [2.05, 4.69) is 41.4 Å². The molecule has 0 fully saturated rings. The normalized spacial score (nSPS) is 10.6. The zero-order valence-electron chi connectivity index (χ0n) is 9.53. The molecule has 0 atom stereocenters. The number of H-pyrrole nitrogens is 1. The number of nitrogens with one attached hydrogen (secondary N) is 1. The molecule has 0 unspecified atom stereocenters. The molecule has 16 heavy (non-hydrogen) atoms. The maximum absolute atomic E-state index is 5.07. The van der Waals surface area contributed by atoms with Crippen LogP contribution in [0, 0.1) is 11.7 Å². The Labute approximate surface area is 100 Å². The predicted octanol–water partition coefficient (Wildman–Crippen LogP) is 2.57. The first-order valence-electron chi connectivity index (χ1n) is 5.32. The maximum Gasteiger partial charge on any atom is 0.194 e. The first-order valence-corrected chi connectivity index (χ1v) is 5.73. The number of hydrogen-bond acceptors (Lipinski definition) is 2. The second-order valence-corrected chi connectivity index (χ2v) is 4.38. The van der Waals surface area contributed by atoms with Crippen molar-refractivity contribution in [2.24, 2.45) is 7.05 Å². The lowest BCUT2D eigenvalue weighted by Crippen LogP contribution is -2.00. The standard InChI is InChI=1S/C12H15N3S/c1-9-3-5-10(6-4-9)7-8-11-13-14-12(16)15(11)2/h3-6H,7-8H2,1-2H3,(H,14,16). The minimum absolute atomic E-state index is 0.680. The highest BCUT2D eigenvalue weighted by Gasteiger charge is 2.02. The Balaban J connectivity index is 2.05. The topological polar surface area (TPSA) is 33.6 Å². The van der Waals surface area contributed by atoms with Gasteiger partial charge >= 0.3 is 0 Å². The molecule has 0 amide bonds. The van der Waals surface area contributed by atoms with Crippen molar-refractivity contribution in [1.29, 1.82) is 0 Å². The van der Waals surface area contributed by atoms with E-state index in [1.54, 1.807) is 0 Å². The SMILES string of the molecule is Cc1ccc(CCc2n[nH]c(=S)n2C)cc1. The fourth-order valence-electron chi connectivity index (χ4n) is 1.61. The van der Waals surface area contributed by atoms with Gasteiger partial charge in [0.1, 0.15) is 5.82 Å². The van der Waals surface area contributed by atoms with Crippen LogP contribution in [-0.2, 0) is 19.9 Å². The summed E-state index contributed by atoms with van der Waals surface area (Å²) in [7, 11) is 1.94. The molecule has 1 N–H and O–H groups in total. The van der Waals surface area contributed by atoms with Gasteiger partial charge in [-0.15, -0.1) is 0 Å². The van der Waals surface area contributed by atoms with Crippen molar-refractivity contribution in [2.45, 2.75) is 19.8 Å². The Morgan fingerprint density at radius 1 is 1.25 bits per heavy atom. The lowest BCUT2D eigenvalue weighted by Gasteiger charge is -2.01. The minimum Gasteiger partial charge on any atom is -0.307 e. The number of aromatic amines is 1. The van der Waals surface area contributed by atoms with E-state index in [1.165, 1.54) is 11.1 Å². The summed E-state index contributed by atoms with van der Waals surface area (Å²) in [4.78, 5) is 0. The molecule has 0 saturated carbocycles. The molecular formula is C12H15N3S. The zero-order chi connectivity index (χ0) is 11.5. The number of aryl methyl sites for hydroxylation is 3. The smallest absolute Gasteiger partial charge is 0.194 e. The first-order chi connectivity index (χ1) is 7.66. The van der Waals surface area contributed by atoms with Gasteiger partial charge in [0.25, 0.3) is 0 Å². The number of rotatable bonds is 3. The van der Waals surface area contributed by atoms with E-state index in [9.17, 15) is 0 Å². The maximum atomic E-state index is 5.07. The van der Waals surface area contributed by atoms with Crippen LogP contribution in [0.25, 0.3) is 0 Å². The number of hydrogen-bond donors (Lipinski definition) is 1. The third-order valence-corrected chi connectivity index (χ3v) is 3.10. The summed E-state index contributed by atoms with van der Waals surface area (Å²) < 4.78 is 2.60. The zero-order valence-corrected chi connectivity index (χ0v) is 10.3. The lowest BCUT2D eigenvalue weighted by molar-refractivity contribution is 0.765. The summed E-state index contributed by atoms with van der Waals surface area (Å²) >= 11 is 5.07. The highest BCUT2D eigenvalue weighted by Crippen LogP contribution is 2.07. The Morgan fingerprint density at radius 2 is 1.94 bits per heavy atom. The monoisotopic (exact) mass is 233 g/mol. The quantitative estimate of drug-likeness (QED) is 0.827. The van der Waals surface area contributed by atoms with Gasteiger partial charge in [-0.1, -0.05) is 29.8 Å². The van der Waals surface area contributed by atoms with Crippen molar-refractivity contribution in [3.05, 3.63) is 46.0 Å². The Kier molecular flexibility index (Phi) is 3.19. The minimum atomic E-state index is 0.680. The average Bonchev–Trinajstić information content (AvgIpc) is 2.60. The molecule has 0 aliphatic heterocycles.